The number of nitrogens with zero attached hydrogens (tertiary/aromatic N) is 4. The molecule has 4 aromatic rings. The predicted molar refractivity (Wildman–Crippen MR) is 144 cm³/mol. The highest BCUT2D eigenvalue weighted by Gasteiger charge is 2.32. The number of carbonyl (C=O) groups excluding carboxylic acids is 1. The van der Waals surface area contributed by atoms with E-state index in [1.165, 1.54) is 5.56 Å². The third-order valence-electron chi connectivity index (χ3n) is 6.28. The van der Waals surface area contributed by atoms with Crippen molar-refractivity contribution in [3.63, 3.8) is 0 Å². The summed E-state index contributed by atoms with van der Waals surface area (Å²) < 4.78 is 13.5. The van der Waals surface area contributed by atoms with Gasteiger partial charge in [-0.05, 0) is 75.6 Å². The number of anilines is 1. The number of fused-ring (bicyclic) bond motifs is 1. The van der Waals surface area contributed by atoms with E-state index in [1.54, 1.807) is 4.90 Å². The van der Waals surface area contributed by atoms with Crippen LogP contribution in [0, 0.1) is 0 Å². The molecule has 3 heterocycles. The summed E-state index contributed by atoms with van der Waals surface area (Å²) in [5.74, 6) is 1.54. The van der Waals surface area contributed by atoms with Crippen molar-refractivity contribution in [2.24, 2.45) is 0 Å². The number of imidazole rings is 1. The number of ether oxygens (including phenoxy) is 2. The van der Waals surface area contributed by atoms with Gasteiger partial charge in [0.15, 0.2) is 5.65 Å². The molecule has 0 bridgehead atoms. The largest absolute Gasteiger partial charge is 0.491 e. The molecular formula is C29H33N5O3. The Bertz CT molecular complexity index is 1350. The van der Waals surface area contributed by atoms with Gasteiger partial charge in [-0.25, -0.2) is 14.3 Å². The molecule has 2 aromatic carbocycles. The first-order valence-corrected chi connectivity index (χ1v) is 12.7. The summed E-state index contributed by atoms with van der Waals surface area (Å²) in [4.78, 5) is 18.8. The van der Waals surface area contributed by atoms with Crippen molar-refractivity contribution < 1.29 is 14.3 Å². The minimum absolute atomic E-state index is 0.0132. The standard InChI is InChI=1S/C29H33N5O3/c1-29(2,3)37-28(35)33-17-7-10-23(33)20-36-24-13-11-22(12-14-24)25-19-31-27-16-15-26(32-34(25)27)30-18-21-8-5-4-6-9-21/h4-6,8-9,11-16,19,23H,7,10,17-18,20H2,1-3H3,(H,30,32)/t23-/m0/s1. The van der Waals surface area contributed by atoms with Crippen molar-refractivity contribution >= 4 is 17.6 Å². The molecule has 1 aliphatic rings. The summed E-state index contributed by atoms with van der Waals surface area (Å²) in [7, 11) is 0. The first-order chi connectivity index (χ1) is 17.9. The maximum absolute atomic E-state index is 12.5. The number of likely N-dealkylation sites (tertiary alicyclic amines) is 1. The molecule has 0 spiro atoms. The van der Waals surface area contributed by atoms with E-state index in [0.717, 1.165) is 41.3 Å². The fourth-order valence-electron chi connectivity index (χ4n) is 4.44. The number of nitrogens with one attached hydrogen (secondary N) is 1. The molecule has 1 atom stereocenters. The van der Waals surface area contributed by atoms with E-state index in [0.29, 0.717) is 19.7 Å². The Morgan fingerprint density at radius 3 is 2.59 bits per heavy atom. The topological polar surface area (TPSA) is 81.0 Å². The van der Waals surface area contributed by atoms with Crippen LogP contribution in [-0.4, -0.2) is 50.4 Å². The Morgan fingerprint density at radius 1 is 1.05 bits per heavy atom. The quantitative estimate of drug-likeness (QED) is 0.347. The number of aromatic nitrogens is 3. The fourth-order valence-corrected chi connectivity index (χ4v) is 4.44. The van der Waals surface area contributed by atoms with Gasteiger partial charge >= 0.3 is 6.09 Å². The lowest BCUT2D eigenvalue weighted by Gasteiger charge is -2.28. The van der Waals surface area contributed by atoms with Crippen LogP contribution in [0.5, 0.6) is 5.75 Å². The molecule has 5 rings (SSSR count). The Morgan fingerprint density at radius 2 is 1.84 bits per heavy atom. The molecule has 0 aliphatic carbocycles. The van der Waals surface area contributed by atoms with Crippen LogP contribution in [-0.2, 0) is 11.3 Å². The lowest BCUT2D eigenvalue weighted by Crippen LogP contribution is -2.42. The number of hydrogen-bond acceptors (Lipinski definition) is 6. The Balaban J connectivity index is 1.23. The van der Waals surface area contributed by atoms with E-state index in [4.69, 9.17) is 14.6 Å². The van der Waals surface area contributed by atoms with Gasteiger partial charge in [0.1, 0.15) is 23.8 Å². The van der Waals surface area contributed by atoms with Crippen molar-refractivity contribution in [2.75, 3.05) is 18.5 Å². The van der Waals surface area contributed by atoms with E-state index < -0.39 is 5.60 Å². The average molecular weight is 500 g/mol. The van der Waals surface area contributed by atoms with Gasteiger partial charge in [0.05, 0.1) is 17.9 Å². The molecule has 8 heteroatoms. The van der Waals surface area contributed by atoms with Crippen LogP contribution in [0.3, 0.4) is 0 Å². The Hall–Kier alpha value is -4.07. The highest BCUT2D eigenvalue weighted by molar-refractivity contribution is 5.69. The molecule has 1 fully saturated rings. The molecule has 0 saturated carbocycles. The monoisotopic (exact) mass is 499 g/mol. The molecule has 1 N–H and O–H groups in total. The molecule has 2 aromatic heterocycles. The fraction of sp³-hybridized carbons (Fsp3) is 0.345. The van der Waals surface area contributed by atoms with Gasteiger partial charge < -0.3 is 19.7 Å². The summed E-state index contributed by atoms with van der Waals surface area (Å²) in [6.07, 6.45) is 3.42. The van der Waals surface area contributed by atoms with Crippen LogP contribution in [0.4, 0.5) is 10.6 Å². The van der Waals surface area contributed by atoms with Crippen LogP contribution in [0.25, 0.3) is 16.9 Å². The number of hydrogen-bond donors (Lipinski definition) is 1. The zero-order chi connectivity index (χ0) is 25.8. The van der Waals surface area contributed by atoms with Gasteiger partial charge in [0.2, 0.25) is 0 Å². The molecule has 1 aliphatic heterocycles. The van der Waals surface area contributed by atoms with Gasteiger partial charge in [0.25, 0.3) is 0 Å². The minimum Gasteiger partial charge on any atom is -0.491 e. The van der Waals surface area contributed by atoms with E-state index in [-0.39, 0.29) is 12.1 Å². The first-order valence-electron chi connectivity index (χ1n) is 12.7. The number of amides is 1. The highest BCUT2D eigenvalue weighted by Crippen LogP contribution is 2.26. The lowest BCUT2D eigenvalue weighted by atomic mass is 10.1. The van der Waals surface area contributed by atoms with Gasteiger partial charge in [-0.15, -0.1) is 5.10 Å². The van der Waals surface area contributed by atoms with E-state index in [1.807, 2.05) is 86.1 Å². The summed E-state index contributed by atoms with van der Waals surface area (Å²) >= 11 is 0. The number of benzene rings is 2. The number of rotatable bonds is 7. The molecule has 8 nitrogen and oxygen atoms in total. The molecule has 0 unspecified atom stereocenters. The number of carbonyl (C=O) groups is 1. The normalized spacial score (nSPS) is 15.6. The molecule has 37 heavy (non-hydrogen) atoms. The van der Waals surface area contributed by atoms with Gasteiger partial charge in [-0.3, -0.25) is 0 Å². The zero-order valence-electron chi connectivity index (χ0n) is 21.6. The van der Waals surface area contributed by atoms with Crippen LogP contribution in [0.2, 0.25) is 0 Å². The summed E-state index contributed by atoms with van der Waals surface area (Å²) in [6, 6.07) is 22.0. The summed E-state index contributed by atoms with van der Waals surface area (Å²) in [6.45, 7) is 7.49. The molecule has 0 radical (unpaired) electrons. The van der Waals surface area contributed by atoms with Crippen LogP contribution < -0.4 is 10.1 Å². The van der Waals surface area contributed by atoms with Crippen molar-refractivity contribution in [2.45, 2.75) is 51.8 Å². The maximum Gasteiger partial charge on any atom is 0.410 e. The van der Waals surface area contributed by atoms with Crippen molar-refractivity contribution in [1.29, 1.82) is 0 Å². The lowest BCUT2D eigenvalue weighted by molar-refractivity contribution is 0.0187. The highest BCUT2D eigenvalue weighted by atomic mass is 16.6. The van der Waals surface area contributed by atoms with Gasteiger partial charge in [0, 0.05) is 18.7 Å². The van der Waals surface area contributed by atoms with E-state index >= 15 is 0 Å². The smallest absolute Gasteiger partial charge is 0.410 e. The van der Waals surface area contributed by atoms with E-state index in [2.05, 4.69) is 22.4 Å². The third-order valence-corrected chi connectivity index (χ3v) is 6.28. The minimum atomic E-state index is -0.508. The van der Waals surface area contributed by atoms with Crippen molar-refractivity contribution in [1.82, 2.24) is 19.5 Å². The van der Waals surface area contributed by atoms with Crippen molar-refractivity contribution in [3.05, 3.63) is 78.5 Å². The zero-order valence-corrected chi connectivity index (χ0v) is 21.6. The molecule has 192 valence electrons. The van der Waals surface area contributed by atoms with Gasteiger partial charge in [-0.2, -0.15) is 0 Å². The van der Waals surface area contributed by atoms with E-state index in [9.17, 15) is 4.79 Å². The molecule has 1 amide bonds. The molecular weight excluding hydrogens is 466 g/mol. The summed E-state index contributed by atoms with van der Waals surface area (Å²) in [5.41, 5.74) is 3.36. The van der Waals surface area contributed by atoms with Crippen molar-refractivity contribution in [3.8, 4) is 17.0 Å². The van der Waals surface area contributed by atoms with Crippen LogP contribution >= 0.6 is 0 Å². The SMILES string of the molecule is CC(C)(C)OC(=O)N1CCC[C@H]1COc1ccc(-c2cnc3ccc(NCc4ccccc4)nn23)cc1. The Labute approximate surface area is 217 Å². The second-order valence-electron chi connectivity index (χ2n) is 10.3. The molecule has 1 saturated heterocycles. The predicted octanol–water partition coefficient (Wildman–Crippen LogP) is 5.79. The Kier molecular flexibility index (Phi) is 6.99. The average Bonchev–Trinajstić information content (AvgIpc) is 3.53. The third kappa shape index (κ3) is 6.02. The van der Waals surface area contributed by atoms with Crippen LogP contribution in [0.1, 0.15) is 39.2 Å². The van der Waals surface area contributed by atoms with Gasteiger partial charge in [-0.1, -0.05) is 30.3 Å². The second kappa shape index (κ2) is 10.5. The maximum atomic E-state index is 12.5. The van der Waals surface area contributed by atoms with Crippen LogP contribution in [0.15, 0.2) is 72.9 Å². The first kappa shape index (κ1) is 24.6. The second-order valence-corrected chi connectivity index (χ2v) is 10.3. The summed E-state index contributed by atoms with van der Waals surface area (Å²) in [5, 5.41) is 8.13.